The number of amides is 1. The molecule has 0 spiro atoms. The van der Waals surface area contributed by atoms with Crippen LogP contribution in [0.2, 0.25) is 0 Å². The van der Waals surface area contributed by atoms with Crippen molar-refractivity contribution >= 4 is 5.91 Å². The Hall–Kier alpha value is -0.610. The van der Waals surface area contributed by atoms with Gasteiger partial charge in [-0.05, 0) is 32.7 Å². The maximum atomic E-state index is 11.6. The number of hydrogen-bond acceptors (Lipinski definition) is 3. The van der Waals surface area contributed by atoms with Crippen LogP contribution in [0.15, 0.2) is 0 Å². The number of likely N-dealkylation sites (N-methyl/N-ethyl adjacent to an activating group) is 1. The van der Waals surface area contributed by atoms with Gasteiger partial charge in [0.05, 0.1) is 6.54 Å². The maximum absolute atomic E-state index is 11.6. The predicted molar refractivity (Wildman–Crippen MR) is 59.7 cm³/mol. The molecule has 0 aromatic carbocycles. The largest absolute Gasteiger partial charge is 0.355 e. The predicted octanol–water partition coefficient (Wildman–Crippen LogP) is -0.0512. The summed E-state index contributed by atoms with van der Waals surface area (Å²) in [5.41, 5.74) is 0. The Bertz CT molecular complexity index is 218. The van der Waals surface area contributed by atoms with Gasteiger partial charge in [0.2, 0.25) is 5.91 Å². The van der Waals surface area contributed by atoms with Crippen LogP contribution in [-0.2, 0) is 4.79 Å². The Kier molecular flexibility index (Phi) is 3.59. The number of nitrogens with zero attached hydrogens (tertiary/aromatic N) is 1. The van der Waals surface area contributed by atoms with Gasteiger partial charge in [-0.15, -0.1) is 0 Å². The van der Waals surface area contributed by atoms with E-state index in [-0.39, 0.29) is 5.91 Å². The van der Waals surface area contributed by atoms with E-state index in [9.17, 15) is 4.79 Å². The van der Waals surface area contributed by atoms with E-state index in [2.05, 4.69) is 15.5 Å². The zero-order valence-electron chi connectivity index (χ0n) is 9.46. The van der Waals surface area contributed by atoms with Crippen LogP contribution in [0.4, 0.5) is 0 Å². The molecule has 1 amide bonds. The molecule has 0 saturated carbocycles. The Morgan fingerprint density at radius 2 is 2.20 bits per heavy atom. The summed E-state index contributed by atoms with van der Waals surface area (Å²) in [5, 5.41) is 6.32. The van der Waals surface area contributed by atoms with Crippen molar-refractivity contribution in [3.63, 3.8) is 0 Å². The van der Waals surface area contributed by atoms with Gasteiger partial charge >= 0.3 is 0 Å². The first-order valence-corrected chi connectivity index (χ1v) is 6.04. The third-order valence-corrected chi connectivity index (χ3v) is 3.51. The average molecular weight is 211 g/mol. The zero-order valence-corrected chi connectivity index (χ0v) is 9.46. The van der Waals surface area contributed by atoms with Crippen molar-refractivity contribution in [3.8, 4) is 0 Å². The molecule has 2 unspecified atom stereocenters. The van der Waals surface area contributed by atoms with Crippen LogP contribution < -0.4 is 10.6 Å². The molecule has 2 aliphatic rings. The fourth-order valence-corrected chi connectivity index (χ4v) is 2.76. The van der Waals surface area contributed by atoms with Gasteiger partial charge in [0.15, 0.2) is 0 Å². The van der Waals surface area contributed by atoms with E-state index in [4.69, 9.17) is 0 Å². The molecule has 4 nitrogen and oxygen atoms in total. The highest BCUT2D eigenvalue weighted by molar-refractivity contribution is 5.78. The molecular formula is C11H21N3O. The van der Waals surface area contributed by atoms with Crippen LogP contribution in [0.1, 0.15) is 26.2 Å². The second-order valence-corrected chi connectivity index (χ2v) is 4.50. The highest BCUT2D eigenvalue weighted by Gasteiger charge is 2.35. The van der Waals surface area contributed by atoms with E-state index in [0.717, 1.165) is 19.6 Å². The molecule has 2 fully saturated rings. The molecule has 2 N–H and O–H groups in total. The van der Waals surface area contributed by atoms with E-state index in [1.165, 1.54) is 19.3 Å². The lowest BCUT2D eigenvalue weighted by Gasteiger charge is -2.26. The molecule has 2 atom stereocenters. The van der Waals surface area contributed by atoms with E-state index < -0.39 is 0 Å². The Balaban J connectivity index is 1.92. The fraction of sp³-hybridized carbons (Fsp3) is 0.909. The third-order valence-electron chi connectivity index (χ3n) is 3.51. The Labute approximate surface area is 91.4 Å². The number of rotatable bonds is 3. The lowest BCUT2D eigenvalue weighted by molar-refractivity contribution is -0.122. The normalized spacial score (nSPS) is 31.3. The highest BCUT2D eigenvalue weighted by Crippen LogP contribution is 2.27. The van der Waals surface area contributed by atoms with E-state index in [1.54, 1.807) is 0 Å². The number of fused-ring (bicyclic) bond motifs is 2. The van der Waals surface area contributed by atoms with Gasteiger partial charge in [-0.25, -0.2) is 0 Å². The molecule has 0 radical (unpaired) electrons. The summed E-state index contributed by atoms with van der Waals surface area (Å²) in [6.07, 6.45) is 3.71. The minimum Gasteiger partial charge on any atom is -0.355 e. The lowest BCUT2D eigenvalue weighted by Crippen LogP contribution is -2.44. The maximum Gasteiger partial charge on any atom is 0.234 e. The molecule has 2 saturated heterocycles. The summed E-state index contributed by atoms with van der Waals surface area (Å²) in [6.45, 7) is 5.45. The van der Waals surface area contributed by atoms with E-state index >= 15 is 0 Å². The zero-order chi connectivity index (χ0) is 10.7. The van der Waals surface area contributed by atoms with Crippen LogP contribution in [0, 0.1) is 0 Å². The summed E-state index contributed by atoms with van der Waals surface area (Å²) in [4.78, 5) is 14.0. The molecule has 4 heteroatoms. The molecule has 0 aromatic rings. The molecule has 2 aliphatic heterocycles. The summed E-state index contributed by atoms with van der Waals surface area (Å²) in [5.74, 6) is 0.177. The Morgan fingerprint density at radius 1 is 1.40 bits per heavy atom. The van der Waals surface area contributed by atoms with Crippen LogP contribution >= 0.6 is 0 Å². The number of nitrogens with one attached hydrogen (secondary N) is 2. The molecule has 2 bridgehead atoms. The van der Waals surface area contributed by atoms with E-state index in [0.29, 0.717) is 18.6 Å². The first kappa shape index (κ1) is 10.9. The second kappa shape index (κ2) is 4.94. The average Bonchev–Trinajstić information content (AvgIpc) is 2.40. The molecule has 0 aromatic heterocycles. The monoisotopic (exact) mass is 211 g/mol. The highest BCUT2D eigenvalue weighted by atomic mass is 16.2. The SMILES string of the molecule is CCNC(=O)CN1C2CCNCC1CC2. The fourth-order valence-electron chi connectivity index (χ4n) is 2.76. The van der Waals surface area contributed by atoms with E-state index in [1.807, 2.05) is 6.92 Å². The molecule has 0 aliphatic carbocycles. The standard InChI is InChI=1S/C11H21N3O/c1-2-13-11(15)8-14-9-3-4-10(14)7-12-6-5-9/h9-10,12H,2-8H2,1H3,(H,13,15). The molecule has 2 rings (SSSR count). The number of carbonyl (C=O) groups excluding carboxylic acids is 1. The number of carbonyl (C=O) groups is 1. The van der Waals surface area contributed by atoms with Crippen molar-refractivity contribution < 1.29 is 4.79 Å². The van der Waals surface area contributed by atoms with Crippen LogP contribution in [0.3, 0.4) is 0 Å². The van der Waals surface area contributed by atoms with Gasteiger partial charge < -0.3 is 10.6 Å². The van der Waals surface area contributed by atoms with Gasteiger partial charge in [0.1, 0.15) is 0 Å². The van der Waals surface area contributed by atoms with Crippen molar-refractivity contribution in [1.82, 2.24) is 15.5 Å². The smallest absolute Gasteiger partial charge is 0.234 e. The molecule has 2 heterocycles. The van der Waals surface area contributed by atoms with Gasteiger partial charge in [0.25, 0.3) is 0 Å². The van der Waals surface area contributed by atoms with Gasteiger partial charge in [-0.3, -0.25) is 9.69 Å². The lowest BCUT2D eigenvalue weighted by atomic mass is 10.1. The third kappa shape index (κ3) is 2.49. The van der Waals surface area contributed by atoms with Crippen molar-refractivity contribution in [2.75, 3.05) is 26.2 Å². The summed E-state index contributed by atoms with van der Waals surface area (Å²) < 4.78 is 0. The molecular weight excluding hydrogens is 190 g/mol. The van der Waals surface area contributed by atoms with Crippen molar-refractivity contribution in [2.45, 2.75) is 38.3 Å². The summed E-state index contributed by atoms with van der Waals surface area (Å²) in [7, 11) is 0. The molecule has 15 heavy (non-hydrogen) atoms. The second-order valence-electron chi connectivity index (χ2n) is 4.50. The van der Waals surface area contributed by atoms with Gasteiger partial charge in [-0.1, -0.05) is 0 Å². The van der Waals surface area contributed by atoms with Crippen molar-refractivity contribution in [1.29, 1.82) is 0 Å². The van der Waals surface area contributed by atoms with Crippen LogP contribution in [0.5, 0.6) is 0 Å². The minimum absolute atomic E-state index is 0.177. The topological polar surface area (TPSA) is 44.4 Å². The van der Waals surface area contributed by atoms with Gasteiger partial charge in [0, 0.05) is 25.2 Å². The van der Waals surface area contributed by atoms with Crippen molar-refractivity contribution in [2.24, 2.45) is 0 Å². The quantitative estimate of drug-likeness (QED) is 0.688. The number of hydrogen-bond donors (Lipinski definition) is 2. The van der Waals surface area contributed by atoms with Crippen molar-refractivity contribution in [3.05, 3.63) is 0 Å². The first-order valence-electron chi connectivity index (χ1n) is 6.04. The van der Waals surface area contributed by atoms with Crippen LogP contribution in [-0.4, -0.2) is 49.1 Å². The Morgan fingerprint density at radius 3 is 3.00 bits per heavy atom. The first-order chi connectivity index (χ1) is 7.31. The minimum atomic E-state index is 0.177. The summed E-state index contributed by atoms with van der Waals surface area (Å²) in [6, 6.07) is 1.22. The van der Waals surface area contributed by atoms with Gasteiger partial charge in [-0.2, -0.15) is 0 Å². The van der Waals surface area contributed by atoms with Crippen LogP contribution in [0.25, 0.3) is 0 Å². The molecule has 86 valence electrons. The summed E-state index contributed by atoms with van der Waals surface area (Å²) >= 11 is 0.